The van der Waals surface area contributed by atoms with Crippen molar-refractivity contribution in [1.82, 2.24) is 14.9 Å². The molecule has 1 aromatic heterocycles. The second-order valence-corrected chi connectivity index (χ2v) is 6.43. The number of halogens is 1. The van der Waals surface area contributed by atoms with Crippen molar-refractivity contribution in [3.8, 4) is 0 Å². The van der Waals surface area contributed by atoms with Gasteiger partial charge in [0.1, 0.15) is 5.82 Å². The zero-order chi connectivity index (χ0) is 17.8. The molecule has 6 heteroatoms. The Hall–Kier alpha value is -2.34. The van der Waals surface area contributed by atoms with Gasteiger partial charge in [-0.2, -0.15) is 0 Å². The van der Waals surface area contributed by atoms with Crippen molar-refractivity contribution in [3.63, 3.8) is 0 Å². The Morgan fingerprint density at radius 3 is 2.72 bits per heavy atom. The van der Waals surface area contributed by atoms with Crippen molar-refractivity contribution in [2.45, 2.75) is 32.3 Å². The highest BCUT2D eigenvalue weighted by Gasteiger charge is 2.32. The number of hydrogen-bond acceptors (Lipinski definition) is 4. The van der Waals surface area contributed by atoms with E-state index in [0.717, 1.165) is 12.0 Å². The van der Waals surface area contributed by atoms with Crippen LogP contribution in [-0.2, 0) is 12.8 Å². The van der Waals surface area contributed by atoms with Crippen molar-refractivity contribution in [3.05, 3.63) is 59.4 Å². The van der Waals surface area contributed by atoms with E-state index in [9.17, 15) is 14.3 Å². The molecule has 0 aliphatic carbocycles. The van der Waals surface area contributed by atoms with Gasteiger partial charge in [-0.25, -0.2) is 14.4 Å². The standard InChI is InChI=1S/C19H22FN3O2/c1-2-13-10-21-18(22-11-13)19(25)23-8-7-17(24)15(12-23)9-14-5-3-4-6-16(14)20/h3-6,10-11,15,17,24H,2,7-9,12H2,1H3/t15-,17-/m1/s1. The summed E-state index contributed by atoms with van der Waals surface area (Å²) in [6, 6.07) is 6.55. The first-order valence-electron chi connectivity index (χ1n) is 8.60. The van der Waals surface area contributed by atoms with Crippen molar-refractivity contribution in [2.75, 3.05) is 13.1 Å². The molecule has 1 aliphatic rings. The van der Waals surface area contributed by atoms with E-state index in [1.807, 2.05) is 6.92 Å². The van der Waals surface area contributed by atoms with Crippen LogP contribution in [-0.4, -0.2) is 45.1 Å². The predicted octanol–water partition coefficient (Wildman–Crippen LogP) is 2.24. The van der Waals surface area contributed by atoms with E-state index in [0.29, 0.717) is 31.5 Å². The van der Waals surface area contributed by atoms with Gasteiger partial charge in [0.2, 0.25) is 5.82 Å². The first-order valence-corrected chi connectivity index (χ1v) is 8.60. The summed E-state index contributed by atoms with van der Waals surface area (Å²) >= 11 is 0. The monoisotopic (exact) mass is 343 g/mol. The van der Waals surface area contributed by atoms with Crippen LogP contribution >= 0.6 is 0 Å². The predicted molar refractivity (Wildman–Crippen MR) is 91.5 cm³/mol. The molecule has 0 saturated carbocycles. The molecular formula is C19H22FN3O2. The van der Waals surface area contributed by atoms with E-state index >= 15 is 0 Å². The minimum absolute atomic E-state index is 0.165. The van der Waals surface area contributed by atoms with Crippen LogP contribution in [0.2, 0.25) is 0 Å². The number of aryl methyl sites for hydroxylation is 1. The lowest BCUT2D eigenvalue weighted by Gasteiger charge is -2.36. The van der Waals surface area contributed by atoms with Gasteiger partial charge in [-0.15, -0.1) is 0 Å². The van der Waals surface area contributed by atoms with Crippen LogP contribution in [0.1, 0.15) is 35.1 Å². The number of likely N-dealkylation sites (tertiary alicyclic amines) is 1. The third-order valence-corrected chi connectivity index (χ3v) is 4.73. The smallest absolute Gasteiger partial charge is 0.291 e. The van der Waals surface area contributed by atoms with Gasteiger partial charge >= 0.3 is 0 Å². The molecule has 1 N–H and O–H groups in total. The van der Waals surface area contributed by atoms with Crippen LogP contribution in [0.3, 0.4) is 0 Å². The van der Waals surface area contributed by atoms with E-state index in [1.165, 1.54) is 6.07 Å². The molecule has 3 rings (SSSR count). The van der Waals surface area contributed by atoms with Gasteiger partial charge in [0.05, 0.1) is 6.10 Å². The van der Waals surface area contributed by atoms with Gasteiger partial charge in [0.25, 0.3) is 5.91 Å². The molecule has 132 valence electrons. The maximum absolute atomic E-state index is 13.9. The number of piperidine rings is 1. The lowest BCUT2D eigenvalue weighted by atomic mass is 9.88. The van der Waals surface area contributed by atoms with E-state index in [1.54, 1.807) is 35.5 Å². The Labute approximate surface area is 146 Å². The summed E-state index contributed by atoms with van der Waals surface area (Å²) in [5.74, 6) is -0.563. The topological polar surface area (TPSA) is 66.3 Å². The van der Waals surface area contributed by atoms with Crippen molar-refractivity contribution >= 4 is 5.91 Å². The SMILES string of the molecule is CCc1cnc(C(=O)N2CC[C@@H](O)[C@H](Cc3ccccc3F)C2)nc1. The highest BCUT2D eigenvalue weighted by atomic mass is 19.1. The molecule has 0 unspecified atom stereocenters. The fourth-order valence-corrected chi connectivity index (χ4v) is 3.14. The molecule has 1 saturated heterocycles. The molecule has 25 heavy (non-hydrogen) atoms. The molecule has 2 atom stereocenters. The molecule has 0 bridgehead atoms. The van der Waals surface area contributed by atoms with Crippen LogP contribution < -0.4 is 0 Å². The summed E-state index contributed by atoms with van der Waals surface area (Å²) in [4.78, 5) is 22.6. The summed E-state index contributed by atoms with van der Waals surface area (Å²) in [5, 5.41) is 10.3. The molecule has 2 aromatic rings. The van der Waals surface area contributed by atoms with Crippen LogP contribution in [0.15, 0.2) is 36.7 Å². The molecule has 5 nitrogen and oxygen atoms in total. The van der Waals surface area contributed by atoms with Crippen LogP contribution in [0.25, 0.3) is 0 Å². The summed E-state index contributed by atoms with van der Waals surface area (Å²) in [6.45, 7) is 2.82. The summed E-state index contributed by atoms with van der Waals surface area (Å²) in [7, 11) is 0. The number of hydrogen-bond donors (Lipinski definition) is 1. The number of aromatic nitrogens is 2. The zero-order valence-electron chi connectivity index (χ0n) is 14.2. The fraction of sp³-hybridized carbons (Fsp3) is 0.421. The molecule has 1 aliphatic heterocycles. The van der Waals surface area contributed by atoms with Crippen molar-refractivity contribution in [1.29, 1.82) is 0 Å². The number of carbonyl (C=O) groups excluding carboxylic acids is 1. The maximum Gasteiger partial charge on any atom is 0.291 e. The molecule has 1 fully saturated rings. The van der Waals surface area contributed by atoms with Gasteiger partial charge < -0.3 is 10.0 Å². The number of rotatable bonds is 4. The van der Waals surface area contributed by atoms with E-state index in [2.05, 4.69) is 9.97 Å². The zero-order valence-corrected chi connectivity index (χ0v) is 14.2. The molecular weight excluding hydrogens is 321 g/mol. The Balaban J connectivity index is 1.71. The lowest BCUT2D eigenvalue weighted by Crippen LogP contribution is -2.47. The highest BCUT2D eigenvalue weighted by Crippen LogP contribution is 2.23. The average molecular weight is 343 g/mol. The van der Waals surface area contributed by atoms with Crippen LogP contribution in [0.4, 0.5) is 4.39 Å². The number of benzene rings is 1. The van der Waals surface area contributed by atoms with Crippen molar-refractivity contribution < 1.29 is 14.3 Å². The van der Waals surface area contributed by atoms with Gasteiger partial charge in [0, 0.05) is 31.4 Å². The van der Waals surface area contributed by atoms with Crippen molar-refractivity contribution in [2.24, 2.45) is 5.92 Å². The minimum Gasteiger partial charge on any atom is -0.393 e. The molecule has 2 heterocycles. The Morgan fingerprint density at radius 2 is 2.04 bits per heavy atom. The summed E-state index contributed by atoms with van der Waals surface area (Å²) in [5.41, 5.74) is 1.53. The summed E-state index contributed by atoms with van der Waals surface area (Å²) < 4.78 is 13.9. The fourth-order valence-electron chi connectivity index (χ4n) is 3.14. The summed E-state index contributed by atoms with van der Waals surface area (Å²) in [6.07, 6.45) is 4.46. The van der Waals surface area contributed by atoms with Gasteiger partial charge in [0.15, 0.2) is 0 Å². The first-order chi connectivity index (χ1) is 12.1. The molecule has 0 radical (unpaired) electrons. The second-order valence-electron chi connectivity index (χ2n) is 6.43. The number of aliphatic hydroxyl groups excluding tert-OH is 1. The van der Waals surface area contributed by atoms with E-state index in [-0.39, 0.29) is 23.5 Å². The third kappa shape index (κ3) is 4.02. The Bertz CT molecular complexity index is 736. The number of nitrogens with zero attached hydrogens (tertiary/aromatic N) is 3. The van der Waals surface area contributed by atoms with Gasteiger partial charge in [-0.3, -0.25) is 4.79 Å². The lowest BCUT2D eigenvalue weighted by molar-refractivity contribution is 0.0232. The molecule has 0 spiro atoms. The number of aliphatic hydroxyl groups is 1. The normalized spacial score (nSPS) is 20.5. The average Bonchev–Trinajstić information content (AvgIpc) is 2.65. The Morgan fingerprint density at radius 1 is 1.32 bits per heavy atom. The van der Waals surface area contributed by atoms with Crippen LogP contribution in [0.5, 0.6) is 0 Å². The highest BCUT2D eigenvalue weighted by molar-refractivity contribution is 5.90. The van der Waals surface area contributed by atoms with Crippen LogP contribution in [0, 0.1) is 11.7 Å². The third-order valence-electron chi connectivity index (χ3n) is 4.73. The largest absolute Gasteiger partial charge is 0.393 e. The molecule has 1 amide bonds. The van der Waals surface area contributed by atoms with Gasteiger partial charge in [-0.05, 0) is 36.5 Å². The molecule has 1 aromatic carbocycles. The second kappa shape index (κ2) is 7.70. The van der Waals surface area contributed by atoms with E-state index in [4.69, 9.17) is 0 Å². The van der Waals surface area contributed by atoms with Gasteiger partial charge in [-0.1, -0.05) is 25.1 Å². The maximum atomic E-state index is 13.9. The Kier molecular flexibility index (Phi) is 5.38. The number of amides is 1. The quantitative estimate of drug-likeness (QED) is 0.925. The minimum atomic E-state index is -0.549. The number of carbonyl (C=O) groups is 1. The first kappa shape index (κ1) is 17.5. The van der Waals surface area contributed by atoms with E-state index < -0.39 is 6.10 Å².